The van der Waals surface area contributed by atoms with Crippen molar-refractivity contribution in [1.82, 2.24) is 0 Å². The molecule has 0 bridgehead atoms. The Morgan fingerprint density at radius 3 is 0.945 bits per heavy atom. The van der Waals surface area contributed by atoms with E-state index in [1.54, 1.807) is 4.70 Å². The molecule has 0 unspecified atom stereocenters. The van der Waals surface area contributed by atoms with E-state index in [9.17, 15) is 5.53 Å². The fourth-order valence-electron chi connectivity index (χ4n) is 8.67. The van der Waals surface area contributed by atoms with Gasteiger partial charge in [-0.05, 0) is 122 Å². The van der Waals surface area contributed by atoms with Crippen LogP contribution < -0.4 is 0 Å². The molecule has 1 aliphatic heterocycles. The largest absolute Gasteiger partial charge is 0.493 e. The summed E-state index contributed by atoms with van der Waals surface area (Å²) >= 11 is 0. The number of hydrogen-bond donors (Lipinski definition) is 2. The minimum Gasteiger partial charge on any atom is -0.493 e. The Kier molecular flexibility index (Phi) is 30.8. The smallest absolute Gasteiger partial charge is 0.211 e. The van der Waals surface area contributed by atoms with E-state index in [4.69, 9.17) is 10.2 Å². The Hall–Kier alpha value is -2.07. The van der Waals surface area contributed by atoms with Crippen LogP contribution in [0.25, 0.3) is 16.9 Å². The first kappa shape index (κ1) is 52.9. The number of unbranched alkanes of at least 4 members (excludes halogenated alkanes) is 14. The van der Waals surface area contributed by atoms with E-state index >= 15 is 0 Å². The number of rotatable bonds is 26. The molecule has 1 aliphatic rings. The summed E-state index contributed by atoms with van der Waals surface area (Å²) in [5.41, 5.74) is 28.5. The Balaban J connectivity index is 0.00000564. The number of allylic oxidation sites excluding steroid dienone is 2. The van der Waals surface area contributed by atoms with Crippen molar-refractivity contribution in [3.8, 4) is 0 Å². The number of nitrogens with zero attached hydrogens (tertiary/aromatic N) is 2. The fraction of sp³-hybridized carbons (Fsp3) is 0.680. The second-order valence-corrected chi connectivity index (χ2v) is 15.1. The SMILES string of the molecule is CCCCCCCCCCCCCCCCC1=C(c2cc(CC)c(CC)c(CC)c2)[N+](=[N-])C(c2cc(CC)c(CC)c(CC)c2)=C1CCCC.CO.CO.[Ni]. The summed E-state index contributed by atoms with van der Waals surface area (Å²) in [5.74, 6) is 0. The third kappa shape index (κ3) is 16.0. The van der Waals surface area contributed by atoms with Gasteiger partial charge in [0.25, 0.3) is 0 Å². The Labute approximate surface area is 350 Å². The summed E-state index contributed by atoms with van der Waals surface area (Å²) in [6, 6.07) is 9.64. The molecule has 3 rings (SSSR count). The predicted octanol–water partition coefficient (Wildman–Crippen LogP) is 14.5. The summed E-state index contributed by atoms with van der Waals surface area (Å²) in [7, 11) is 2.00. The first-order valence-electron chi connectivity index (χ1n) is 22.6. The first-order valence-corrected chi connectivity index (χ1v) is 22.6. The molecule has 1 heterocycles. The van der Waals surface area contributed by atoms with Crippen LogP contribution in [0, 0.1) is 0 Å². The van der Waals surface area contributed by atoms with Crippen molar-refractivity contribution in [3.63, 3.8) is 0 Å². The van der Waals surface area contributed by atoms with Gasteiger partial charge < -0.3 is 15.7 Å². The number of hydrogen-bond acceptors (Lipinski definition) is 2. The number of benzene rings is 2. The zero-order valence-corrected chi connectivity index (χ0v) is 38.4. The molecule has 55 heavy (non-hydrogen) atoms. The van der Waals surface area contributed by atoms with Crippen LogP contribution in [0.3, 0.4) is 0 Å². The molecular weight excluding hydrogens is 719 g/mol. The van der Waals surface area contributed by atoms with Crippen molar-refractivity contribution in [2.45, 2.75) is 209 Å². The van der Waals surface area contributed by atoms with Crippen LogP contribution in [0.4, 0.5) is 0 Å². The van der Waals surface area contributed by atoms with Gasteiger partial charge in [-0.15, -0.1) is 0 Å². The van der Waals surface area contributed by atoms with Crippen molar-refractivity contribution in [2.75, 3.05) is 14.2 Å². The third-order valence-electron chi connectivity index (χ3n) is 11.6. The van der Waals surface area contributed by atoms with Crippen molar-refractivity contribution in [2.24, 2.45) is 0 Å². The van der Waals surface area contributed by atoms with Gasteiger partial charge in [-0.25, -0.2) is 4.70 Å². The van der Waals surface area contributed by atoms with Gasteiger partial charge in [0.1, 0.15) is 0 Å². The molecular formula is C50H84N2NiO2. The number of aliphatic hydroxyl groups is 2. The van der Waals surface area contributed by atoms with Gasteiger partial charge in [-0.3, -0.25) is 0 Å². The van der Waals surface area contributed by atoms with E-state index < -0.39 is 0 Å². The predicted molar refractivity (Wildman–Crippen MR) is 237 cm³/mol. The van der Waals surface area contributed by atoms with Crippen LogP contribution in [0.15, 0.2) is 35.4 Å². The number of aliphatic hydroxyl groups excluding tert-OH is 2. The standard InChI is InChI=1S/C48H76N2.2CH4O.Ni/c1-9-17-19-20-21-22-23-24-25-26-27-28-29-30-32-46-45(31-18-10-2)47(41-33-37(11-3)43(15-7)38(12-4)34-41)50(49)48(46)42-35-39(13-5)44(16-8)40(14-6)36-42;2*1-2;/h33-36H,9-32H2,1-8H3;2*2H,1H3;. The van der Waals surface area contributed by atoms with Gasteiger partial charge in [0.05, 0.1) is 0 Å². The van der Waals surface area contributed by atoms with Crippen molar-refractivity contribution < 1.29 is 31.4 Å². The van der Waals surface area contributed by atoms with Crippen molar-refractivity contribution in [3.05, 3.63) is 85.5 Å². The van der Waals surface area contributed by atoms with E-state index in [0.717, 1.165) is 89.8 Å². The van der Waals surface area contributed by atoms with Gasteiger partial charge in [0.15, 0.2) is 0 Å². The normalized spacial score (nSPS) is 12.4. The van der Waals surface area contributed by atoms with Crippen molar-refractivity contribution in [1.29, 1.82) is 0 Å². The van der Waals surface area contributed by atoms with E-state index in [1.165, 1.54) is 146 Å². The maximum Gasteiger partial charge on any atom is 0.211 e. The summed E-state index contributed by atoms with van der Waals surface area (Å²) < 4.78 is 1.64. The Morgan fingerprint density at radius 1 is 0.400 bits per heavy atom. The Bertz CT molecular complexity index is 1370. The molecule has 0 aliphatic carbocycles. The minimum absolute atomic E-state index is 0. The summed E-state index contributed by atoms with van der Waals surface area (Å²) in [5, 5.41) is 14.0. The molecule has 0 radical (unpaired) electrons. The molecule has 316 valence electrons. The van der Waals surface area contributed by atoms with Crippen LogP contribution in [-0.4, -0.2) is 29.1 Å². The molecule has 0 atom stereocenters. The van der Waals surface area contributed by atoms with E-state index in [1.807, 2.05) is 0 Å². The molecule has 5 heteroatoms. The molecule has 2 N–H and O–H groups in total. The molecule has 4 nitrogen and oxygen atoms in total. The van der Waals surface area contributed by atoms with Gasteiger partial charge in [0, 0.05) is 53.0 Å². The summed E-state index contributed by atoms with van der Waals surface area (Å²) in [6.07, 6.45) is 29.9. The van der Waals surface area contributed by atoms with Gasteiger partial charge in [0.2, 0.25) is 11.4 Å². The average molecular weight is 804 g/mol. The molecule has 0 saturated carbocycles. The quantitative estimate of drug-likeness (QED) is 0.0565. The molecule has 0 amide bonds. The minimum atomic E-state index is 0. The summed E-state index contributed by atoms with van der Waals surface area (Å²) in [4.78, 5) is 0. The molecule has 0 aromatic heterocycles. The molecule has 2 aromatic rings. The third-order valence-corrected chi connectivity index (χ3v) is 11.6. The number of aryl methyl sites for hydroxylation is 4. The van der Waals surface area contributed by atoms with Crippen LogP contribution in [0.5, 0.6) is 0 Å². The molecule has 2 aromatic carbocycles. The van der Waals surface area contributed by atoms with Gasteiger partial charge in [-0.1, -0.05) is 145 Å². The summed E-state index contributed by atoms with van der Waals surface area (Å²) in [6.45, 7) is 18.3. The zero-order valence-electron chi connectivity index (χ0n) is 37.4. The first-order chi connectivity index (χ1) is 26.4. The molecule has 0 spiro atoms. The maximum absolute atomic E-state index is 12.4. The van der Waals surface area contributed by atoms with E-state index in [2.05, 4.69) is 79.7 Å². The zero-order chi connectivity index (χ0) is 40.3. The maximum atomic E-state index is 12.4. The Morgan fingerprint density at radius 2 is 0.673 bits per heavy atom. The average Bonchev–Trinajstić information content (AvgIpc) is 3.50. The van der Waals surface area contributed by atoms with Gasteiger partial charge in [-0.2, -0.15) is 0 Å². The molecule has 0 saturated heterocycles. The topological polar surface area (TPSA) is 65.8 Å². The van der Waals surface area contributed by atoms with Crippen LogP contribution in [0.1, 0.15) is 215 Å². The second kappa shape index (κ2) is 32.0. The van der Waals surface area contributed by atoms with E-state index in [0.29, 0.717) is 0 Å². The van der Waals surface area contributed by atoms with E-state index in [-0.39, 0.29) is 16.5 Å². The monoisotopic (exact) mass is 803 g/mol. The van der Waals surface area contributed by atoms with Gasteiger partial charge >= 0.3 is 0 Å². The second-order valence-electron chi connectivity index (χ2n) is 15.1. The van der Waals surface area contributed by atoms with Crippen LogP contribution in [0.2, 0.25) is 0 Å². The fourth-order valence-corrected chi connectivity index (χ4v) is 8.67. The van der Waals surface area contributed by atoms with Crippen molar-refractivity contribution >= 4 is 11.4 Å². The molecule has 0 fully saturated rings. The van der Waals surface area contributed by atoms with Crippen LogP contribution in [-0.2, 0) is 55.0 Å². The van der Waals surface area contributed by atoms with Crippen LogP contribution >= 0.6 is 0 Å².